The maximum atomic E-state index is 14.1. The molecule has 138 valence electrons. The zero-order valence-corrected chi connectivity index (χ0v) is 15.0. The second kappa shape index (κ2) is 9.10. The summed E-state index contributed by atoms with van der Waals surface area (Å²) >= 11 is 0. The Morgan fingerprint density at radius 3 is 2.81 bits per heavy atom. The Labute approximate surface area is 151 Å². The fourth-order valence-electron chi connectivity index (χ4n) is 1.94. The molecule has 2 rings (SSSR count). The normalized spacial score (nSPS) is 11.5. The van der Waals surface area contributed by atoms with Crippen LogP contribution in [0.2, 0.25) is 0 Å². The molecule has 0 radical (unpaired) electrons. The van der Waals surface area contributed by atoms with E-state index >= 15 is 0 Å². The third kappa shape index (κ3) is 6.29. The number of rotatable bonds is 8. The largest absolute Gasteiger partial charge is 0.453 e. The second-order valence-corrected chi connectivity index (χ2v) is 7.81. The predicted molar refractivity (Wildman–Crippen MR) is 97.1 cm³/mol. The summed E-state index contributed by atoms with van der Waals surface area (Å²) in [4.78, 5) is 15.5. The smallest absolute Gasteiger partial charge is 0.244 e. The highest BCUT2D eigenvalue weighted by Gasteiger charge is 2.08. The SMILES string of the molecule is CCS(=O)(=O)CCNC(=O)/C=C/c1ccc(Oc2cccnc2)c(F)c1. The van der Waals surface area contributed by atoms with Gasteiger partial charge in [0.15, 0.2) is 21.4 Å². The molecule has 6 nitrogen and oxygen atoms in total. The number of hydrogen-bond acceptors (Lipinski definition) is 5. The lowest BCUT2D eigenvalue weighted by atomic mass is 10.2. The number of benzene rings is 1. The van der Waals surface area contributed by atoms with Crippen LogP contribution in [0.15, 0.2) is 48.8 Å². The highest BCUT2D eigenvalue weighted by molar-refractivity contribution is 7.91. The monoisotopic (exact) mass is 378 g/mol. The molecule has 0 bridgehead atoms. The lowest BCUT2D eigenvalue weighted by molar-refractivity contribution is -0.116. The van der Waals surface area contributed by atoms with E-state index in [1.807, 2.05) is 0 Å². The first-order valence-corrected chi connectivity index (χ1v) is 9.75. The van der Waals surface area contributed by atoms with Crippen molar-refractivity contribution in [3.8, 4) is 11.5 Å². The number of ether oxygens (including phenoxy) is 1. The fourth-order valence-corrected chi connectivity index (χ4v) is 2.64. The van der Waals surface area contributed by atoms with Gasteiger partial charge in [-0.15, -0.1) is 0 Å². The third-order valence-electron chi connectivity index (χ3n) is 3.40. The number of amides is 1. The Bertz CT molecular complexity index is 883. The van der Waals surface area contributed by atoms with Crippen LogP contribution in [0.4, 0.5) is 4.39 Å². The lowest BCUT2D eigenvalue weighted by Gasteiger charge is -2.06. The van der Waals surface area contributed by atoms with Gasteiger partial charge < -0.3 is 10.1 Å². The maximum Gasteiger partial charge on any atom is 0.244 e. The van der Waals surface area contributed by atoms with E-state index in [1.165, 1.54) is 30.5 Å². The highest BCUT2D eigenvalue weighted by Crippen LogP contribution is 2.24. The Morgan fingerprint density at radius 2 is 2.15 bits per heavy atom. The van der Waals surface area contributed by atoms with Crippen LogP contribution in [0, 0.1) is 5.82 Å². The van der Waals surface area contributed by atoms with Crippen LogP contribution in [0.5, 0.6) is 11.5 Å². The first-order chi connectivity index (χ1) is 12.4. The van der Waals surface area contributed by atoms with Crippen LogP contribution in [0.25, 0.3) is 6.08 Å². The summed E-state index contributed by atoms with van der Waals surface area (Å²) < 4.78 is 42.1. The minimum absolute atomic E-state index is 0.0332. The van der Waals surface area contributed by atoms with Gasteiger partial charge in [-0.25, -0.2) is 12.8 Å². The van der Waals surface area contributed by atoms with E-state index in [9.17, 15) is 17.6 Å². The summed E-state index contributed by atoms with van der Waals surface area (Å²) in [6.07, 6.45) is 5.70. The molecule has 0 unspecified atom stereocenters. The Morgan fingerprint density at radius 1 is 1.35 bits per heavy atom. The number of carbonyl (C=O) groups is 1. The third-order valence-corrected chi connectivity index (χ3v) is 5.10. The van der Waals surface area contributed by atoms with Gasteiger partial charge in [0.1, 0.15) is 5.75 Å². The van der Waals surface area contributed by atoms with Crippen molar-refractivity contribution in [2.24, 2.45) is 0 Å². The number of nitrogens with zero attached hydrogens (tertiary/aromatic N) is 1. The summed E-state index contributed by atoms with van der Waals surface area (Å²) in [6, 6.07) is 7.61. The van der Waals surface area contributed by atoms with Gasteiger partial charge in [0, 0.05) is 24.6 Å². The van der Waals surface area contributed by atoms with Gasteiger partial charge in [-0.2, -0.15) is 0 Å². The van der Waals surface area contributed by atoms with Gasteiger partial charge in [0.25, 0.3) is 0 Å². The first-order valence-electron chi connectivity index (χ1n) is 7.93. The van der Waals surface area contributed by atoms with Gasteiger partial charge in [-0.05, 0) is 35.9 Å². The molecule has 0 spiro atoms. The summed E-state index contributed by atoms with van der Waals surface area (Å²) in [7, 11) is -3.13. The second-order valence-electron chi connectivity index (χ2n) is 5.34. The molecule has 2 aromatic rings. The lowest BCUT2D eigenvalue weighted by Crippen LogP contribution is -2.28. The molecule has 0 fully saturated rings. The number of carbonyl (C=O) groups excluding carboxylic acids is 1. The number of pyridine rings is 1. The molecular weight excluding hydrogens is 359 g/mol. The molecule has 0 saturated carbocycles. The average molecular weight is 378 g/mol. The van der Waals surface area contributed by atoms with Crippen LogP contribution in [0.1, 0.15) is 12.5 Å². The van der Waals surface area contributed by atoms with E-state index in [4.69, 9.17) is 4.74 Å². The molecule has 0 aliphatic heterocycles. The van der Waals surface area contributed by atoms with Crippen LogP contribution in [-0.2, 0) is 14.6 Å². The first kappa shape index (κ1) is 19.6. The standard InChI is InChI=1S/C18H19FN2O4S/c1-2-26(23,24)11-10-21-18(22)8-6-14-5-7-17(16(19)12-14)25-15-4-3-9-20-13-15/h3-9,12-13H,2,10-11H2,1H3,(H,21,22)/b8-6+. The summed E-state index contributed by atoms with van der Waals surface area (Å²) in [5, 5.41) is 2.47. The number of sulfone groups is 1. The summed E-state index contributed by atoms with van der Waals surface area (Å²) in [5.74, 6) is -0.651. The van der Waals surface area contributed by atoms with E-state index in [0.717, 1.165) is 0 Å². The molecule has 1 aromatic heterocycles. The van der Waals surface area contributed by atoms with Crippen molar-refractivity contribution >= 4 is 21.8 Å². The topological polar surface area (TPSA) is 85.4 Å². The van der Waals surface area contributed by atoms with Gasteiger partial charge >= 0.3 is 0 Å². The Kier molecular flexibility index (Phi) is 6.85. The summed E-state index contributed by atoms with van der Waals surface area (Å²) in [6.45, 7) is 1.58. The Hall–Kier alpha value is -2.74. The summed E-state index contributed by atoms with van der Waals surface area (Å²) in [5.41, 5.74) is 0.470. The van der Waals surface area contributed by atoms with E-state index in [1.54, 1.807) is 31.3 Å². The van der Waals surface area contributed by atoms with Crippen LogP contribution < -0.4 is 10.1 Å². The fraction of sp³-hybridized carbons (Fsp3) is 0.222. The van der Waals surface area contributed by atoms with Crippen LogP contribution in [0.3, 0.4) is 0 Å². The average Bonchev–Trinajstić information content (AvgIpc) is 2.63. The molecule has 1 heterocycles. The van der Waals surface area contributed by atoms with Crippen molar-refractivity contribution in [2.75, 3.05) is 18.1 Å². The predicted octanol–water partition coefficient (Wildman–Crippen LogP) is 2.58. The highest BCUT2D eigenvalue weighted by atomic mass is 32.2. The molecule has 0 aliphatic rings. The van der Waals surface area contributed by atoms with Crippen LogP contribution >= 0.6 is 0 Å². The van der Waals surface area contributed by atoms with Crippen molar-refractivity contribution < 1.29 is 22.3 Å². The maximum absolute atomic E-state index is 14.1. The van der Waals surface area contributed by atoms with Crippen LogP contribution in [-0.4, -0.2) is 37.4 Å². The number of aromatic nitrogens is 1. The molecule has 1 aromatic carbocycles. The van der Waals surface area contributed by atoms with Crippen molar-refractivity contribution in [2.45, 2.75) is 6.92 Å². The van der Waals surface area contributed by atoms with Gasteiger partial charge in [-0.3, -0.25) is 9.78 Å². The number of nitrogens with one attached hydrogen (secondary N) is 1. The van der Waals surface area contributed by atoms with Gasteiger partial charge in [0.2, 0.25) is 5.91 Å². The minimum atomic E-state index is -3.13. The van der Waals surface area contributed by atoms with E-state index in [0.29, 0.717) is 11.3 Å². The quantitative estimate of drug-likeness (QED) is 0.714. The molecule has 1 N–H and O–H groups in total. The van der Waals surface area contributed by atoms with Gasteiger partial charge in [0.05, 0.1) is 11.9 Å². The van der Waals surface area contributed by atoms with Crippen molar-refractivity contribution in [1.82, 2.24) is 10.3 Å². The van der Waals surface area contributed by atoms with Gasteiger partial charge in [-0.1, -0.05) is 13.0 Å². The number of halogens is 1. The minimum Gasteiger partial charge on any atom is -0.453 e. The zero-order chi connectivity index (χ0) is 19.0. The van der Waals surface area contributed by atoms with Crippen molar-refractivity contribution in [1.29, 1.82) is 0 Å². The molecule has 1 amide bonds. The molecule has 0 aliphatic carbocycles. The molecule has 26 heavy (non-hydrogen) atoms. The van der Waals surface area contributed by atoms with E-state index in [-0.39, 0.29) is 23.8 Å². The molecule has 0 saturated heterocycles. The van der Waals surface area contributed by atoms with Crippen molar-refractivity contribution in [3.05, 3.63) is 60.2 Å². The van der Waals surface area contributed by atoms with Crippen molar-refractivity contribution in [3.63, 3.8) is 0 Å². The van der Waals surface area contributed by atoms with E-state index < -0.39 is 21.6 Å². The van der Waals surface area contributed by atoms with E-state index in [2.05, 4.69) is 10.3 Å². The number of hydrogen-bond donors (Lipinski definition) is 1. The molecule has 8 heteroatoms. The zero-order valence-electron chi connectivity index (χ0n) is 14.2. The molecule has 0 atom stereocenters. The molecular formula is C18H19FN2O4S. The Balaban J connectivity index is 1.92.